The Kier molecular flexibility index (Phi) is 3.96. The van der Waals surface area contributed by atoms with Gasteiger partial charge in [-0.2, -0.15) is 0 Å². The zero-order chi connectivity index (χ0) is 11.4. The van der Waals surface area contributed by atoms with Gasteiger partial charge in [0.1, 0.15) is 0 Å². The predicted octanol–water partition coefficient (Wildman–Crippen LogP) is 1.89. The maximum Gasteiger partial charge on any atom is 0.0947 e. The highest BCUT2D eigenvalue weighted by molar-refractivity contribution is 5.03. The van der Waals surface area contributed by atoms with Gasteiger partial charge in [-0.3, -0.25) is 11.3 Å². The summed E-state index contributed by atoms with van der Waals surface area (Å²) in [5, 5.41) is 0. The Bertz CT molecular complexity index is 315. The van der Waals surface area contributed by atoms with Gasteiger partial charge in [0.05, 0.1) is 18.1 Å². The van der Waals surface area contributed by atoms with Gasteiger partial charge in [0.25, 0.3) is 0 Å². The van der Waals surface area contributed by atoms with E-state index in [9.17, 15) is 0 Å². The summed E-state index contributed by atoms with van der Waals surface area (Å²) < 4.78 is 1.97. The number of hydrogen-bond donors (Lipinski definition) is 2. The smallest absolute Gasteiger partial charge is 0.0947 e. The third-order valence-electron chi connectivity index (χ3n) is 3.58. The molecule has 16 heavy (non-hydrogen) atoms. The van der Waals surface area contributed by atoms with E-state index in [0.717, 1.165) is 18.0 Å². The molecule has 1 aliphatic carbocycles. The Labute approximate surface area is 97.2 Å². The van der Waals surface area contributed by atoms with E-state index in [4.69, 9.17) is 5.84 Å². The number of imidazole rings is 1. The monoisotopic (exact) mass is 222 g/mol. The van der Waals surface area contributed by atoms with Crippen LogP contribution in [-0.2, 0) is 7.05 Å². The molecule has 0 aliphatic heterocycles. The van der Waals surface area contributed by atoms with E-state index in [2.05, 4.69) is 10.4 Å². The first-order valence-electron chi connectivity index (χ1n) is 6.23. The summed E-state index contributed by atoms with van der Waals surface area (Å²) >= 11 is 0. The first-order valence-corrected chi connectivity index (χ1v) is 6.23. The number of aromatic nitrogens is 2. The number of nitrogens with two attached hydrogens (primary N) is 1. The number of nitrogens with zero attached hydrogens (tertiary/aromatic N) is 2. The highest BCUT2D eigenvalue weighted by Gasteiger charge is 2.20. The fourth-order valence-electron chi connectivity index (χ4n) is 2.64. The molecule has 90 valence electrons. The third kappa shape index (κ3) is 2.83. The maximum atomic E-state index is 5.63. The van der Waals surface area contributed by atoms with Gasteiger partial charge in [-0.25, -0.2) is 4.98 Å². The average molecular weight is 222 g/mol. The topological polar surface area (TPSA) is 55.9 Å². The molecule has 0 bridgehead atoms. The number of rotatable bonds is 4. The fraction of sp³-hybridized carbons (Fsp3) is 0.750. The highest BCUT2D eigenvalue weighted by atomic mass is 15.2. The van der Waals surface area contributed by atoms with Gasteiger partial charge in [-0.15, -0.1) is 0 Å². The van der Waals surface area contributed by atoms with Crippen molar-refractivity contribution >= 4 is 0 Å². The Morgan fingerprint density at radius 2 is 2.25 bits per heavy atom. The van der Waals surface area contributed by atoms with Gasteiger partial charge in [-0.05, 0) is 12.3 Å². The molecule has 2 rings (SSSR count). The van der Waals surface area contributed by atoms with Crippen molar-refractivity contribution in [1.29, 1.82) is 0 Å². The van der Waals surface area contributed by atoms with E-state index in [0.29, 0.717) is 0 Å². The number of nitrogens with one attached hydrogen (secondary N) is 1. The van der Waals surface area contributed by atoms with E-state index in [1.807, 2.05) is 24.1 Å². The molecule has 1 aliphatic rings. The molecule has 1 atom stereocenters. The van der Waals surface area contributed by atoms with Crippen LogP contribution in [0.5, 0.6) is 0 Å². The molecule has 1 aromatic rings. The molecule has 1 fully saturated rings. The lowest BCUT2D eigenvalue weighted by Crippen LogP contribution is -2.30. The predicted molar refractivity (Wildman–Crippen MR) is 64.5 cm³/mol. The molecule has 1 aromatic heterocycles. The van der Waals surface area contributed by atoms with Crippen LogP contribution in [0.2, 0.25) is 0 Å². The molecular formula is C12H22N4. The van der Waals surface area contributed by atoms with Gasteiger partial charge in [-0.1, -0.05) is 32.1 Å². The van der Waals surface area contributed by atoms with Crippen molar-refractivity contribution in [3.63, 3.8) is 0 Å². The lowest BCUT2D eigenvalue weighted by Gasteiger charge is -2.25. The van der Waals surface area contributed by atoms with Crippen molar-refractivity contribution in [2.24, 2.45) is 18.8 Å². The molecule has 1 unspecified atom stereocenters. The second-order valence-corrected chi connectivity index (χ2v) is 4.92. The lowest BCUT2D eigenvalue weighted by atomic mass is 9.84. The molecule has 1 heterocycles. The van der Waals surface area contributed by atoms with Gasteiger partial charge in [0, 0.05) is 13.2 Å². The van der Waals surface area contributed by atoms with Crippen LogP contribution >= 0.6 is 0 Å². The largest absolute Gasteiger partial charge is 0.340 e. The van der Waals surface area contributed by atoms with Crippen LogP contribution in [-0.4, -0.2) is 9.55 Å². The Morgan fingerprint density at radius 3 is 2.81 bits per heavy atom. The minimum absolute atomic E-state index is 0.212. The molecule has 0 radical (unpaired) electrons. The molecule has 0 aromatic carbocycles. The third-order valence-corrected chi connectivity index (χ3v) is 3.58. The minimum Gasteiger partial charge on any atom is -0.340 e. The molecule has 0 spiro atoms. The van der Waals surface area contributed by atoms with E-state index in [-0.39, 0.29) is 6.04 Å². The first kappa shape index (κ1) is 11.6. The first-order chi connectivity index (χ1) is 7.79. The second kappa shape index (κ2) is 5.46. The zero-order valence-corrected chi connectivity index (χ0v) is 10.0. The van der Waals surface area contributed by atoms with Crippen LogP contribution in [0.15, 0.2) is 12.5 Å². The number of hydrogen-bond acceptors (Lipinski definition) is 3. The van der Waals surface area contributed by atoms with Crippen LogP contribution < -0.4 is 11.3 Å². The summed E-state index contributed by atoms with van der Waals surface area (Å²) in [5.74, 6) is 6.45. The SMILES string of the molecule is Cn1cnc(C(CC2CCCCC2)NN)c1. The van der Waals surface area contributed by atoms with E-state index >= 15 is 0 Å². The van der Waals surface area contributed by atoms with Crippen molar-refractivity contribution < 1.29 is 0 Å². The van der Waals surface area contributed by atoms with Crippen molar-refractivity contribution in [2.45, 2.75) is 44.6 Å². The van der Waals surface area contributed by atoms with Gasteiger partial charge < -0.3 is 4.57 Å². The van der Waals surface area contributed by atoms with E-state index < -0.39 is 0 Å². The fourth-order valence-corrected chi connectivity index (χ4v) is 2.64. The van der Waals surface area contributed by atoms with Crippen molar-refractivity contribution in [2.75, 3.05) is 0 Å². The van der Waals surface area contributed by atoms with Gasteiger partial charge >= 0.3 is 0 Å². The molecule has 4 nitrogen and oxygen atoms in total. The summed E-state index contributed by atoms with van der Waals surface area (Å²) in [6.07, 6.45) is 11.9. The van der Waals surface area contributed by atoms with Crippen LogP contribution in [0.25, 0.3) is 0 Å². The molecule has 0 saturated heterocycles. The normalized spacial score (nSPS) is 19.9. The molecule has 3 N–H and O–H groups in total. The van der Waals surface area contributed by atoms with Crippen LogP contribution in [0, 0.1) is 5.92 Å². The average Bonchev–Trinajstić information content (AvgIpc) is 2.74. The summed E-state index contributed by atoms with van der Waals surface area (Å²) in [6.45, 7) is 0. The highest BCUT2D eigenvalue weighted by Crippen LogP contribution is 2.30. The van der Waals surface area contributed by atoms with E-state index in [1.165, 1.54) is 32.1 Å². The van der Waals surface area contributed by atoms with Crippen LogP contribution in [0.1, 0.15) is 50.3 Å². The zero-order valence-electron chi connectivity index (χ0n) is 10.0. The molecule has 4 heteroatoms. The number of aryl methyl sites for hydroxylation is 1. The van der Waals surface area contributed by atoms with Crippen LogP contribution in [0.3, 0.4) is 0 Å². The van der Waals surface area contributed by atoms with Crippen LogP contribution in [0.4, 0.5) is 0 Å². The quantitative estimate of drug-likeness (QED) is 0.604. The summed E-state index contributed by atoms with van der Waals surface area (Å²) in [5.41, 5.74) is 3.97. The van der Waals surface area contributed by atoms with Gasteiger partial charge in [0.2, 0.25) is 0 Å². The van der Waals surface area contributed by atoms with Gasteiger partial charge in [0.15, 0.2) is 0 Å². The minimum atomic E-state index is 0.212. The summed E-state index contributed by atoms with van der Waals surface area (Å²) in [6, 6.07) is 0.212. The summed E-state index contributed by atoms with van der Waals surface area (Å²) in [4.78, 5) is 4.37. The molecule has 1 saturated carbocycles. The standard InChI is InChI=1S/C12H22N4/c1-16-8-12(14-9-16)11(15-13)7-10-5-3-2-4-6-10/h8-11,15H,2-7,13H2,1H3. The molecular weight excluding hydrogens is 200 g/mol. The lowest BCUT2D eigenvalue weighted by molar-refractivity contribution is 0.299. The molecule has 0 amide bonds. The van der Waals surface area contributed by atoms with Crippen molar-refractivity contribution in [1.82, 2.24) is 15.0 Å². The maximum absolute atomic E-state index is 5.63. The Balaban J connectivity index is 1.94. The number of hydrazine groups is 1. The Hall–Kier alpha value is -0.870. The summed E-state index contributed by atoms with van der Waals surface area (Å²) in [7, 11) is 1.99. The van der Waals surface area contributed by atoms with Crippen molar-refractivity contribution in [3.8, 4) is 0 Å². The van der Waals surface area contributed by atoms with E-state index in [1.54, 1.807) is 0 Å². The van der Waals surface area contributed by atoms with Crippen molar-refractivity contribution in [3.05, 3.63) is 18.2 Å². The Morgan fingerprint density at radius 1 is 1.50 bits per heavy atom. The second-order valence-electron chi connectivity index (χ2n) is 4.92.